The minimum absolute atomic E-state index is 0.447. The molecule has 40 heavy (non-hydrogen) atoms. The number of nitrogens with zero attached hydrogens (tertiary/aromatic N) is 5. The van der Waals surface area contributed by atoms with Gasteiger partial charge in [-0.15, -0.1) is 0 Å². The molecule has 0 amide bonds. The fourth-order valence-corrected chi connectivity index (χ4v) is 4.68. The zero-order valence-electron chi connectivity index (χ0n) is 23.0. The Bertz CT molecular complexity index is 1310. The molecule has 0 bridgehead atoms. The first-order valence-corrected chi connectivity index (χ1v) is 13.7. The standard InChI is InChI=1S/C31H37N5O4/c1-37-30-7-3-5-27(21-30)24-36(23-26-4-2-6-28(20-26)35-11-10-32-25-35)29-8-9-33-31(22-29)40-19-18-39-17-14-34-12-15-38-16-13-34/h2-11,20-22,25H,12-19,23-24H2,1H3. The second kappa shape index (κ2) is 14.5. The molecule has 0 aliphatic carbocycles. The molecule has 9 heteroatoms. The molecular formula is C31H37N5O4. The molecule has 3 heterocycles. The Morgan fingerprint density at radius 3 is 2.52 bits per heavy atom. The lowest BCUT2D eigenvalue weighted by molar-refractivity contribution is 0.0168. The van der Waals surface area contributed by atoms with Crippen molar-refractivity contribution in [2.45, 2.75) is 13.1 Å². The van der Waals surface area contributed by atoms with Crippen LogP contribution in [0.2, 0.25) is 0 Å². The molecule has 1 saturated heterocycles. The van der Waals surface area contributed by atoms with Gasteiger partial charge in [0.15, 0.2) is 0 Å². The van der Waals surface area contributed by atoms with Crippen molar-refractivity contribution in [2.24, 2.45) is 0 Å². The monoisotopic (exact) mass is 543 g/mol. The molecule has 9 nitrogen and oxygen atoms in total. The summed E-state index contributed by atoms with van der Waals surface area (Å²) >= 11 is 0. The number of aromatic nitrogens is 3. The highest BCUT2D eigenvalue weighted by Gasteiger charge is 2.13. The lowest BCUT2D eigenvalue weighted by Crippen LogP contribution is -2.38. The van der Waals surface area contributed by atoms with Gasteiger partial charge in [0.05, 0.1) is 39.9 Å². The summed E-state index contributed by atoms with van der Waals surface area (Å²) in [5.74, 6) is 1.42. The first-order chi connectivity index (χ1) is 19.8. The maximum Gasteiger partial charge on any atom is 0.215 e. The van der Waals surface area contributed by atoms with Gasteiger partial charge < -0.3 is 28.4 Å². The normalized spacial score (nSPS) is 13.7. The van der Waals surface area contributed by atoms with E-state index in [1.165, 1.54) is 5.56 Å². The van der Waals surface area contributed by atoms with Crippen molar-refractivity contribution in [3.8, 4) is 17.3 Å². The first kappa shape index (κ1) is 27.6. The Morgan fingerprint density at radius 1 is 0.900 bits per heavy atom. The van der Waals surface area contributed by atoms with Gasteiger partial charge in [0, 0.05) is 68.8 Å². The van der Waals surface area contributed by atoms with E-state index < -0.39 is 0 Å². The fraction of sp³-hybridized carbons (Fsp3) is 0.355. The van der Waals surface area contributed by atoms with Gasteiger partial charge in [-0.3, -0.25) is 4.90 Å². The van der Waals surface area contributed by atoms with E-state index in [0.717, 1.165) is 55.5 Å². The molecule has 5 rings (SSSR count). The summed E-state index contributed by atoms with van der Waals surface area (Å²) < 4.78 is 24.6. The quantitative estimate of drug-likeness (QED) is 0.219. The van der Waals surface area contributed by atoms with E-state index in [-0.39, 0.29) is 0 Å². The van der Waals surface area contributed by atoms with E-state index in [2.05, 4.69) is 56.2 Å². The van der Waals surface area contributed by atoms with Crippen molar-refractivity contribution in [3.63, 3.8) is 0 Å². The van der Waals surface area contributed by atoms with E-state index in [0.29, 0.717) is 38.8 Å². The molecule has 0 atom stereocenters. The molecule has 4 aromatic rings. The minimum atomic E-state index is 0.447. The van der Waals surface area contributed by atoms with Gasteiger partial charge in [-0.25, -0.2) is 9.97 Å². The number of imidazole rings is 1. The average Bonchev–Trinajstić information content (AvgIpc) is 3.55. The van der Waals surface area contributed by atoms with Crippen LogP contribution in [-0.4, -0.2) is 79.2 Å². The van der Waals surface area contributed by atoms with Crippen LogP contribution in [-0.2, 0) is 22.6 Å². The van der Waals surface area contributed by atoms with Gasteiger partial charge >= 0.3 is 0 Å². The van der Waals surface area contributed by atoms with Crippen LogP contribution in [0.3, 0.4) is 0 Å². The van der Waals surface area contributed by atoms with Gasteiger partial charge in [0.25, 0.3) is 0 Å². The summed E-state index contributed by atoms with van der Waals surface area (Å²) in [6.07, 6.45) is 7.35. The number of methoxy groups -OCH3 is 1. The molecule has 2 aromatic heterocycles. The summed E-state index contributed by atoms with van der Waals surface area (Å²) in [4.78, 5) is 13.3. The molecule has 0 spiro atoms. The maximum atomic E-state index is 5.97. The molecule has 0 N–H and O–H groups in total. The van der Waals surface area contributed by atoms with Crippen LogP contribution in [0.5, 0.6) is 11.6 Å². The first-order valence-electron chi connectivity index (χ1n) is 13.7. The van der Waals surface area contributed by atoms with Gasteiger partial charge in [-0.05, 0) is 41.5 Å². The fourth-order valence-electron chi connectivity index (χ4n) is 4.68. The summed E-state index contributed by atoms with van der Waals surface area (Å²) in [7, 11) is 1.69. The van der Waals surface area contributed by atoms with Crippen LogP contribution in [0, 0.1) is 0 Å². The van der Waals surface area contributed by atoms with E-state index >= 15 is 0 Å². The predicted octanol–water partition coefficient (Wildman–Crippen LogP) is 4.21. The Labute approximate surface area is 235 Å². The highest BCUT2D eigenvalue weighted by molar-refractivity contribution is 5.50. The maximum absolute atomic E-state index is 5.97. The third-order valence-corrected chi connectivity index (χ3v) is 6.81. The molecular weight excluding hydrogens is 506 g/mol. The van der Waals surface area contributed by atoms with Crippen molar-refractivity contribution < 1.29 is 18.9 Å². The third kappa shape index (κ3) is 8.05. The highest BCUT2D eigenvalue weighted by Crippen LogP contribution is 2.25. The molecule has 0 radical (unpaired) electrons. The van der Waals surface area contributed by atoms with E-state index in [4.69, 9.17) is 18.9 Å². The van der Waals surface area contributed by atoms with Gasteiger partial charge in [0.1, 0.15) is 12.4 Å². The van der Waals surface area contributed by atoms with Crippen molar-refractivity contribution in [2.75, 3.05) is 64.7 Å². The Balaban J connectivity index is 1.24. The Hall–Kier alpha value is -3.92. The van der Waals surface area contributed by atoms with Gasteiger partial charge in [-0.1, -0.05) is 24.3 Å². The molecule has 0 unspecified atom stereocenters. The Morgan fingerprint density at radius 2 is 1.73 bits per heavy atom. The summed E-state index contributed by atoms with van der Waals surface area (Å²) in [6, 6.07) is 20.7. The minimum Gasteiger partial charge on any atom is -0.497 e. The van der Waals surface area contributed by atoms with Crippen LogP contribution < -0.4 is 14.4 Å². The predicted molar refractivity (Wildman–Crippen MR) is 154 cm³/mol. The number of hydrogen-bond acceptors (Lipinski definition) is 8. The molecule has 210 valence electrons. The summed E-state index contributed by atoms with van der Waals surface area (Å²) in [5.41, 5.74) is 4.43. The number of anilines is 1. The number of rotatable bonds is 14. The van der Waals surface area contributed by atoms with Crippen LogP contribution in [0.15, 0.2) is 85.6 Å². The van der Waals surface area contributed by atoms with E-state index in [9.17, 15) is 0 Å². The third-order valence-electron chi connectivity index (χ3n) is 6.81. The number of hydrogen-bond donors (Lipinski definition) is 0. The van der Waals surface area contributed by atoms with Crippen molar-refractivity contribution >= 4 is 5.69 Å². The SMILES string of the molecule is COc1cccc(CN(Cc2cccc(-n3ccnc3)c2)c2ccnc(OCCOCCN3CCOCC3)c2)c1. The zero-order valence-corrected chi connectivity index (χ0v) is 23.0. The number of pyridine rings is 1. The second-order valence-electron chi connectivity index (χ2n) is 9.61. The van der Waals surface area contributed by atoms with E-state index in [1.54, 1.807) is 19.5 Å². The number of benzene rings is 2. The lowest BCUT2D eigenvalue weighted by Gasteiger charge is -2.26. The highest BCUT2D eigenvalue weighted by atomic mass is 16.5. The Kier molecular flexibility index (Phi) is 9.99. The number of ether oxygens (including phenoxy) is 4. The van der Waals surface area contributed by atoms with Crippen LogP contribution in [0.25, 0.3) is 5.69 Å². The zero-order chi connectivity index (χ0) is 27.4. The smallest absolute Gasteiger partial charge is 0.215 e. The van der Waals surface area contributed by atoms with Crippen molar-refractivity contribution in [1.29, 1.82) is 0 Å². The van der Waals surface area contributed by atoms with E-state index in [1.807, 2.05) is 41.4 Å². The summed E-state index contributed by atoms with van der Waals surface area (Å²) in [6.45, 7) is 7.50. The van der Waals surface area contributed by atoms with Crippen molar-refractivity contribution in [3.05, 3.63) is 96.7 Å². The largest absolute Gasteiger partial charge is 0.497 e. The summed E-state index contributed by atoms with van der Waals surface area (Å²) in [5, 5.41) is 0. The lowest BCUT2D eigenvalue weighted by atomic mass is 10.1. The molecule has 1 aliphatic rings. The average molecular weight is 544 g/mol. The van der Waals surface area contributed by atoms with Crippen LogP contribution in [0.4, 0.5) is 5.69 Å². The molecule has 2 aromatic carbocycles. The number of morpholine rings is 1. The van der Waals surface area contributed by atoms with Crippen molar-refractivity contribution in [1.82, 2.24) is 19.4 Å². The van der Waals surface area contributed by atoms with Gasteiger partial charge in [0.2, 0.25) is 5.88 Å². The molecule has 0 saturated carbocycles. The molecule has 1 fully saturated rings. The molecule has 1 aliphatic heterocycles. The van der Waals surface area contributed by atoms with Crippen LogP contribution >= 0.6 is 0 Å². The van der Waals surface area contributed by atoms with Gasteiger partial charge in [-0.2, -0.15) is 0 Å². The second-order valence-corrected chi connectivity index (χ2v) is 9.61. The topological polar surface area (TPSA) is 74.1 Å². The van der Waals surface area contributed by atoms with Crippen LogP contribution in [0.1, 0.15) is 11.1 Å².